The molecule has 0 aliphatic carbocycles. The van der Waals surface area contributed by atoms with Crippen LogP contribution in [-0.2, 0) is 5.54 Å². The molecule has 0 saturated carbocycles. The Labute approximate surface area is 133 Å². The molecule has 0 aliphatic rings. The zero-order chi connectivity index (χ0) is 15.6. The fraction of sp³-hybridized carbons (Fsp3) is 0.231. The summed E-state index contributed by atoms with van der Waals surface area (Å²) in [6, 6.07) is 6.77. The lowest BCUT2D eigenvalue weighted by molar-refractivity contribution is -0.380. The summed E-state index contributed by atoms with van der Waals surface area (Å²) < 4.78 is 0.411. The van der Waals surface area contributed by atoms with Crippen LogP contribution in [0.25, 0.3) is 0 Å². The smallest absolute Gasteiger partial charge is 0.325 e. The fourth-order valence-electron chi connectivity index (χ4n) is 1.74. The van der Waals surface area contributed by atoms with E-state index in [2.05, 4.69) is 26.2 Å². The van der Waals surface area contributed by atoms with Crippen LogP contribution in [0.4, 0.5) is 5.00 Å². The number of carbonyl (C=O) groups is 1. The molecule has 0 radical (unpaired) electrons. The number of pyridine rings is 1. The summed E-state index contributed by atoms with van der Waals surface area (Å²) in [7, 11) is 0. The molecule has 0 atom stereocenters. The van der Waals surface area contributed by atoms with E-state index in [0.717, 1.165) is 11.3 Å². The number of hydrogen-bond donors (Lipinski definition) is 1. The maximum absolute atomic E-state index is 12.3. The SMILES string of the molecule is CC(C)(NC(=O)c1sc([N+](=O)[O-])cc1Br)c1ccccn1. The number of thiophene rings is 1. The molecule has 1 amide bonds. The molecule has 8 heteroatoms. The third-order valence-corrected chi connectivity index (χ3v) is 4.76. The maximum Gasteiger partial charge on any atom is 0.325 e. The zero-order valence-electron chi connectivity index (χ0n) is 11.3. The van der Waals surface area contributed by atoms with Crippen molar-refractivity contribution in [3.8, 4) is 0 Å². The van der Waals surface area contributed by atoms with Gasteiger partial charge in [-0.05, 0) is 41.9 Å². The van der Waals surface area contributed by atoms with Gasteiger partial charge in [-0.2, -0.15) is 0 Å². The van der Waals surface area contributed by atoms with Crippen molar-refractivity contribution in [3.63, 3.8) is 0 Å². The number of rotatable bonds is 4. The van der Waals surface area contributed by atoms with E-state index in [0.29, 0.717) is 10.2 Å². The summed E-state index contributed by atoms with van der Waals surface area (Å²) in [6.45, 7) is 3.65. The van der Waals surface area contributed by atoms with Crippen molar-refractivity contribution < 1.29 is 9.72 Å². The van der Waals surface area contributed by atoms with Gasteiger partial charge in [-0.25, -0.2) is 0 Å². The lowest BCUT2D eigenvalue weighted by atomic mass is 10.00. The van der Waals surface area contributed by atoms with E-state index in [9.17, 15) is 14.9 Å². The lowest BCUT2D eigenvalue weighted by Crippen LogP contribution is -2.41. The summed E-state index contributed by atoms with van der Waals surface area (Å²) >= 11 is 4.01. The number of aromatic nitrogens is 1. The number of nitrogens with zero attached hydrogens (tertiary/aromatic N) is 2. The molecule has 0 bridgehead atoms. The molecule has 0 aliphatic heterocycles. The molecule has 2 aromatic rings. The van der Waals surface area contributed by atoms with Crippen LogP contribution >= 0.6 is 27.3 Å². The fourth-order valence-corrected chi connectivity index (χ4v) is 3.29. The van der Waals surface area contributed by atoms with Crippen molar-refractivity contribution in [2.45, 2.75) is 19.4 Å². The molecule has 0 spiro atoms. The molecule has 2 rings (SSSR count). The third kappa shape index (κ3) is 3.45. The Balaban J connectivity index is 2.24. The Bertz CT molecular complexity index is 685. The van der Waals surface area contributed by atoms with E-state index in [4.69, 9.17) is 0 Å². The van der Waals surface area contributed by atoms with E-state index >= 15 is 0 Å². The molecule has 0 fully saturated rings. The Morgan fingerprint density at radius 3 is 2.71 bits per heavy atom. The number of halogens is 1. The van der Waals surface area contributed by atoms with Crippen LogP contribution in [0, 0.1) is 10.1 Å². The van der Waals surface area contributed by atoms with E-state index in [1.54, 1.807) is 12.3 Å². The van der Waals surface area contributed by atoms with Gasteiger partial charge in [0.1, 0.15) is 4.88 Å². The highest BCUT2D eigenvalue weighted by Gasteiger charge is 2.28. The second-order valence-corrected chi connectivity index (χ2v) is 6.70. The molecule has 0 unspecified atom stereocenters. The highest BCUT2D eigenvalue weighted by molar-refractivity contribution is 9.10. The van der Waals surface area contributed by atoms with Crippen molar-refractivity contribution >= 4 is 38.2 Å². The number of carbonyl (C=O) groups excluding carboxylic acids is 1. The van der Waals surface area contributed by atoms with Gasteiger partial charge >= 0.3 is 5.00 Å². The van der Waals surface area contributed by atoms with Gasteiger partial charge < -0.3 is 5.32 Å². The second-order valence-electron chi connectivity index (χ2n) is 4.81. The van der Waals surface area contributed by atoms with Gasteiger partial charge in [-0.15, -0.1) is 0 Å². The van der Waals surface area contributed by atoms with Crippen LogP contribution in [0.5, 0.6) is 0 Å². The van der Waals surface area contributed by atoms with Gasteiger partial charge in [0.25, 0.3) is 5.91 Å². The minimum absolute atomic E-state index is 0.0809. The molecule has 2 aromatic heterocycles. The third-order valence-electron chi connectivity index (χ3n) is 2.79. The highest BCUT2D eigenvalue weighted by Crippen LogP contribution is 2.33. The topological polar surface area (TPSA) is 85.1 Å². The minimum Gasteiger partial charge on any atom is -0.341 e. The normalized spacial score (nSPS) is 11.2. The van der Waals surface area contributed by atoms with Gasteiger partial charge in [-0.3, -0.25) is 19.9 Å². The Kier molecular flexibility index (Phi) is 4.38. The van der Waals surface area contributed by atoms with Crippen LogP contribution in [-0.4, -0.2) is 15.8 Å². The summed E-state index contributed by atoms with van der Waals surface area (Å²) in [4.78, 5) is 27.0. The van der Waals surface area contributed by atoms with Gasteiger partial charge in [-0.1, -0.05) is 17.4 Å². The van der Waals surface area contributed by atoms with Crippen LogP contribution < -0.4 is 5.32 Å². The largest absolute Gasteiger partial charge is 0.341 e. The molecule has 110 valence electrons. The Hall–Kier alpha value is -1.80. The van der Waals surface area contributed by atoms with Gasteiger partial charge in [0.15, 0.2) is 0 Å². The molecule has 6 nitrogen and oxygen atoms in total. The lowest BCUT2D eigenvalue weighted by Gasteiger charge is -2.25. The maximum atomic E-state index is 12.3. The van der Waals surface area contributed by atoms with Gasteiger partial charge in [0.05, 0.1) is 16.2 Å². The first kappa shape index (κ1) is 15.6. The second kappa shape index (κ2) is 5.90. The van der Waals surface area contributed by atoms with E-state index in [1.807, 2.05) is 26.0 Å². The summed E-state index contributed by atoms with van der Waals surface area (Å²) in [5, 5.41) is 13.5. The summed E-state index contributed by atoms with van der Waals surface area (Å²) in [6.07, 6.45) is 1.65. The zero-order valence-corrected chi connectivity index (χ0v) is 13.7. The number of amides is 1. The van der Waals surface area contributed by atoms with Gasteiger partial charge in [0, 0.05) is 16.7 Å². The quantitative estimate of drug-likeness (QED) is 0.660. The molecular formula is C13H12BrN3O3S. The molecule has 0 aromatic carbocycles. The number of nitro groups is 1. The molecule has 1 N–H and O–H groups in total. The minimum atomic E-state index is -0.684. The van der Waals surface area contributed by atoms with Crippen molar-refractivity contribution in [1.82, 2.24) is 10.3 Å². The monoisotopic (exact) mass is 369 g/mol. The van der Waals surface area contributed by atoms with Crippen molar-refractivity contribution in [2.75, 3.05) is 0 Å². The molecule has 2 heterocycles. The van der Waals surface area contributed by atoms with Crippen LogP contribution in [0.1, 0.15) is 29.2 Å². The average Bonchev–Trinajstić information content (AvgIpc) is 2.82. The Morgan fingerprint density at radius 2 is 2.19 bits per heavy atom. The van der Waals surface area contributed by atoms with Crippen molar-refractivity contribution in [3.05, 3.63) is 55.6 Å². The van der Waals surface area contributed by atoms with Crippen LogP contribution in [0.2, 0.25) is 0 Å². The van der Waals surface area contributed by atoms with E-state index < -0.39 is 10.5 Å². The molecule has 0 saturated heterocycles. The highest BCUT2D eigenvalue weighted by atomic mass is 79.9. The molecule has 21 heavy (non-hydrogen) atoms. The van der Waals surface area contributed by atoms with Gasteiger partial charge in [0.2, 0.25) is 0 Å². The van der Waals surface area contributed by atoms with E-state index in [1.165, 1.54) is 6.07 Å². The standard InChI is InChI=1S/C13H12BrN3O3S/c1-13(2,9-5-3-4-6-15-9)16-12(18)11-8(14)7-10(21-11)17(19)20/h3-7H,1-2H3,(H,16,18). The number of nitrogens with one attached hydrogen (secondary N) is 1. The van der Waals surface area contributed by atoms with Crippen molar-refractivity contribution in [1.29, 1.82) is 0 Å². The van der Waals surface area contributed by atoms with Crippen LogP contribution in [0.3, 0.4) is 0 Å². The first-order chi connectivity index (χ1) is 9.81. The number of hydrogen-bond acceptors (Lipinski definition) is 5. The summed E-state index contributed by atoms with van der Waals surface area (Å²) in [5.74, 6) is -0.379. The first-order valence-corrected chi connectivity index (χ1v) is 7.60. The molecular weight excluding hydrogens is 358 g/mol. The summed E-state index contributed by atoms with van der Waals surface area (Å²) in [5.41, 5.74) is 0.0248. The van der Waals surface area contributed by atoms with Crippen LogP contribution in [0.15, 0.2) is 34.9 Å². The predicted octanol–water partition coefficient (Wildman–Crippen LogP) is 3.48. The average molecular weight is 370 g/mol. The predicted molar refractivity (Wildman–Crippen MR) is 83.4 cm³/mol. The first-order valence-electron chi connectivity index (χ1n) is 5.99. The Morgan fingerprint density at radius 1 is 1.48 bits per heavy atom. The van der Waals surface area contributed by atoms with E-state index in [-0.39, 0.29) is 15.8 Å². The van der Waals surface area contributed by atoms with Crippen molar-refractivity contribution in [2.24, 2.45) is 0 Å².